The van der Waals surface area contributed by atoms with E-state index in [1.54, 1.807) is 10.9 Å². The zero-order valence-corrected chi connectivity index (χ0v) is 20.5. The van der Waals surface area contributed by atoms with Crippen LogP contribution in [0.2, 0.25) is 0 Å². The summed E-state index contributed by atoms with van der Waals surface area (Å²) >= 11 is 0. The van der Waals surface area contributed by atoms with Crippen LogP contribution in [0.15, 0.2) is 12.4 Å². The molecule has 9 atom stereocenters. The van der Waals surface area contributed by atoms with Gasteiger partial charge in [-0.3, -0.25) is 9.48 Å². The summed E-state index contributed by atoms with van der Waals surface area (Å²) in [6, 6.07) is 2.06. The summed E-state index contributed by atoms with van der Waals surface area (Å²) in [6.45, 7) is 8.81. The van der Waals surface area contributed by atoms with Crippen LogP contribution in [-0.2, 0) is 11.3 Å². The number of nitriles is 1. The Labute approximate surface area is 196 Å². The van der Waals surface area contributed by atoms with Crippen molar-refractivity contribution < 1.29 is 14.3 Å². The fourth-order valence-corrected chi connectivity index (χ4v) is 9.32. The van der Waals surface area contributed by atoms with E-state index >= 15 is 4.39 Å². The standard InChI is InChI=1S/C27H38FN3O2/c1-24(33)9-7-19-18(11-24)5-6-22-25(2)10-8-20(26(25,3)12-23(28)27(19,22)4)21(32)16-31-15-17(13-29)14-30-31/h14-15,18-20,22-23,33H,5-12,16H2,1-4H3/t18-,19+,20-,22+,23+,24?,25+,26-,27-/m1/s1. The number of hydrogen-bond acceptors (Lipinski definition) is 4. The maximum absolute atomic E-state index is 16.4. The van der Waals surface area contributed by atoms with Gasteiger partial charge in [-0.05, 0) is 86.9 Å². The van der Waals surface area contributed by atoms with E-state index < -0.39 is 11.8 Å². The number of aliphatic hydroxyl groups is 1. The first-order valence-corrected chi connectivity index (χ1v) is 12.8. The van der Waals surface area contributed by atoms with Crippen LogP contribution in [0.25, 0.3) is 0 Å². The summed E-state index contributed by atoms with van der Waals surface area (Å²) in [5.41, 5.74) is -0.990. The SMILES string of the molecule is CC1(O)CC[C@H]2[C@H](CC[C@@H]3[C@]2(C)[C@@H](F)C[C@]2(C)[C@@H](C(=O)Cn4cc(C#N)cn4)CC[C@@]32C)C1. The van der Waals surface area contributed by atoms with Gasteiger partial charge in [0.25, 0.3) is 0 Å². The van der Waals surface area contributed by atoms with Crippen molar-refractivity contribution >= 4 is 5.78 Å². The molecule has 1 N–H and O–H groups in total. The summed E-state index contributed by atoms with van der Waals surface area (Å²) in [7, 11) is 0. The molecule has 4 aliphatic rings. The summed E-state index contributed by atoms with van der Waals surface area (Å²) in [6.07, 6.45) is 8.87. The molecule has 4 saturated carbocycles. The minimum atomic E-state index is -0.931. The number of halogens is 1. The largest absolute Gasteiger partial charge is 0.390 e. The lowest BCUT2D eigenvalue weighted by Crippen LogP contribution is -2.64. The quantitative estimate of drug-likeness (QED) is 0.690. The highest BCUT2D eigenvalue weighted by Gasteiger charge is 2.71. The van der Waals surface area contributed by atoms with E-state index in [1.165, 1.54) is 6.20 Å². The second-order valence-corrected chi connectivity index (χ2v) is 12.7. The van der Waals surface area contributed by atoms with Crippen LogP contribution in [-0.4, -0.2) is 32.4 Å². The van der Waals surface area contributed by atoms with Crippen LogP contribution in [0.3, 0.4) is 0 Å². The zero-order chi connectivity index (χ0) is 23.8. The Kier molecular flexibility index (Phi) is 5.15. The van der Waals surface area contributed by atoms with Crippen LogP contribution in [0.5, 0.6) is 0 Å². The number of Topliss-reactive ketones (excluding diaryl/α,β-unsaturated/α-hetero) is 1. The molecular weight excluding hydrogens is 417 g/mol. The molecular formula is C27H38FN3O2. The highest BCUT2D eigenvalue weighted by atomic mass is 19.1. The van der Waals surface area contributed by atoms with Gasteiger partial charge in [-0.25, -0.2) is 4.39 Å². The maximum atomic E-state index is 16.4. The van der Waals surface area contributed by atoms with E-state index in [1.807, 2.05) is 6.92 Å². The van der Waals surface area contributed by atoms with Crippen molar-refractivity contribution in [2.24, 2.45) is 39.9 Å². The Morgan fingerprint density at radius 1 is 1.18 bits per heavy atom. The van der Waals surface area contributed by atoms with E-state index in [9.17, 15) is 9.90 Å². The second kappa shape index (κ2) is 7.38. The van der Waals surface area contributed by atoms with Gasteiger partial charge in [-0.15, -0.1) is 0 Å². The van der Waals surface area contributed by atoms with Crippen molar-refractivity contribution in [3.8, 4) is 6.07 Å². The van der Waals surface area contributed by atoms with Crippen LogP contribution in [0.4, 0.5) is 4.39 Å². The lowest BCUT2D eigenvalue weighted by atomic mass is 9.38. The number of aromatic nitrogens is 2. The van der Waals surface area contributed by atoms with Gasteiger partial charge in [-0.2, -0.15) is 10.4 Å². The number of rotatable bonds is 3. The van der Waals surface area contributed by atoms with Gasteiger partial charge in [0.15, 0.2) is 5.78 Å². The van der Waals surface area contributed by atoms with Crippen molar-refractivity contribution in [2.45, 2.75) is 97.4 Å². The predicted molar refractivity (Wildman–Crippen MR) is 123 cm³/mol. The highest BCUT2D eigenvalue weighted by molar-refractivity contribution is 5.82. The Morgan fingerprint density at radius 2 is 1.94 bits per heavy atom. The number of ketones is 1. The summed E-state index contributed by atoms with van der Waals surface area (Å²) in [5, 5.41) is 23.9. The third kappa shape index (κ3) is 3.17. The van der Waals surface area contributed by atoms with Crippen LogP contribution in [0, 0.1) is 51.2 Å². The molecule has 180 valence electrons. The molecule has 0 spiro atoms. The molecule has 1 heterocycles. The third-order valence-corrected chi connectivity index (χ3v) is 11.2. The lowest BCUT2D eigenvalue weighted by molar-refractivity contribution is -0.215. The minimum Gasteiger partial charge on any atom is -0.390 e. The molecule has 0 aliphatic heterocycles. The average Bonchev–Trinajstić information content (AvgIpc) is 3.29. The van der Waals surface area contributed by atoms with Crippen molar-refractivity contribution in [1.29, 1.82) is 5.26 Å². The minimum absolute atomic E-state index is 0.0719. The number of alkyl halides is 1. The van der Waals surface area contributed by atoms with Gasteiger partial charge in [0.1, 0.15) is 12.2 Å². The Morgan fingerprint density at radius 3 is 2.64 bits per heavy atom. The monoisotopic (exact) mass is 455 g/mol. The van der Waals surface area contributed by atoms with Crippen LogP contribution >= 0.6 is 0 Å². The maximum Gasteiger partial charge on any atom is 0.157 e. The molecule has 6 heteroatoms. The Bertz CT molecular complexity index is 998. The number of fused-ring (bicyclic) bond motifs is 5. The van der Waals surface area contributed by atoms with Gasteiger partial charge in [0, 0.05) is 17.5 Å². The third-order valence-electron chi connectivity index (χ3n) is 11.2. The number of carbonyl (C=O) groups is 1. The van der Waals surface area contributed by atoms with Crippen molar-refractivity contribution in [2.75, 3.05) is 0 Å². The Balaban J connectivity index is 1.43. The van der Waals surface area contributed by atoms with E-state index in [4.69, 9.17) is 5.26 Å². The zero-order valence-electron chi connectivity index (χ0n) is 20.5. The van der Waals surface area contributed by atoms with Gasteiger partial charge in [-0.1, -0.05) is 20.8 Å². The molecule has 0 aromatic carbocycles. The number of hydrogen-bond donors (Lipinski definition) is 1. The number of carbonyl (C=O) groups excluding carboxylic acids is 1. The van der Waals surface area contributed by atoms with E-state index in [0.717, 1.165) is 44.9 Å². The van der Waals surface area contributed by atoms with Crippen LogP contribution < -0.4 is 0 Å². The Hall–Kier alpha value is -1.74. The normalized spacial score (nSPS) is 48.9. The van der Waals surface area contributed by atoms with Gasteiger partial charge < -0.3 is 5.11 Å². The molecule has 1 unspecified atom stereocenters. The first-order valence-electron chi connectivity index (χ1n) is 12.8. The van der Waals surface area contributed by atoms with Gasteiger partial charge in [0.2, 0.25) is 0 Å². The molecule has 5 rings (SSSR count). The summed E-state index contributed by atoms with van der Waals surface area (Å²) in [4.78, 5) is 13.5. The molecule has 4 aliphatic carbocycles. The molecule has 0 saturated heterocycles. The van der Waals surface area contributed by atoms with E-state index in [0.29, 0.717) is 23.8 Å². The smallest absolute Gasteiger partial charge is 0.157 e. The summed E-state index contributed by atoms with van der Waals surface area (Å²) < 4.78 is 18.0. The lowest BCUT2D eigenvalue weighted by Gasteiger charge is -2.67. The molecule has 0 amide bonds. The molecule has 4 fully saturated rings. The molecule has 1 aromatic rings. The first-order chi connectivity index (χ1) is 15.4. The summed E-state index contributed by atoms with van der Waals surface area (Å²) in [5.74, 6) is 0.915. The highest BCUT2D eigenvalue weighted by Crippen LogP contribution is 2.74. The molecule has 5 nitrogen and oxygen atoms in total. The topological polar surface area (TPSA) is 78.9 Å². The first kappa shape index (κ1) is 23.0. The molecule has 0 radical (unpaired) electrons. The average molecular weight is 456 g/mol. The molecule has 0 bridgehead atoms. The van der Waals surface area contributed by atoms with Gasteiger partial charge in [0.05, 0.1) is 23.9 Å². The fraction of sp³-hybridized carbons (Fsp3) is 0.815. The van der Waals surface area contributed by atoms with Crippen LogP contribution in [0.1, 0.15) is 84.6 Å². The molecule has 33 heavy (non-hydrogen) atoms. The van der Waals surface area contributed by atoms with E-state index in [2.05, 4.69) is 31.9 Å². The molecule has 1 aromatic heterocycles. The van der Waals surface area contributed by atoms with Crippen molar-refractivity contribution in [3.63, 3.8) is 0 Å². The van der Waals surface area contributed by atoms with Gasteiger partial charge >= 0.3 is 0 Å². The number of nitrogens with zero attached hydrogens (tertiary/aromatic N) is 3. The second-order valence-electron chi connectivity index (χ2n) is 12.7. The fourth-order valence-electron chi connectivity index (χ4n) is 9.32. The van der Waals surface area contributed by atoms with E-state index in [-0.39, 0.29) is 40.4 Å². The van der Waals surface area contributed by atoms with Crippen molar-refractivity contribution in [3.05, 3.63) is 18.0 Å². The van der Waals surface area contributed by atoms with Crippen molar-refractivity contribution in [1.82, 2.24) is 9.78 Å². The predicted octanol–water partition coefficient (Wildman–Crippen LogP) is 5.07.